The van der Waals surface area contributed by atoms with Gasteiger partial charge in [-0.1, -0.05) is 0 Å². The SMILES string of the molecule is NC(=O)c1ccc(CNC(=O)C2CC(F)(F)CN2)o1. The minimum atomic E-state index is -2.86. The van der Waals surface area contributed by atoms with Crippen LogP contribution < -0.4 is 16.4 Å². The topological polar surface area (TPSA) is 97.4 Å². The lowest BCUT2D eigenvalue weighted by atomic mass is 10.2. The quantitative estimate of drug-likeness (QED) is 0.718. The molecule has 1 aliphatic heterocycles. The number of carbonyl (C=O) groups is 2. The summed E-state index contributed by atoms with van der Waals surface area (Å²) in [5.74, 6) is -3.79. The maximum absolute atomic E-state index is 12.9. The Kier molecular flexibility index (Phi) is 3.52. The molecule has 0 spiro atoms. The van der Waals surface area contributed by atoms with Crippen LogP contribution in [-0.2, 0) is 11.3 Å². The van der Waals surface area contributed by atoms with Crippen molar-refractivity contribution in [2.45, 2.75) is 24.9 Å². The molecule has 1 atom stereocenters. The summed E-state index contributed by atoms with van der Waals surface area (Å²) in [4.78, 5) is 22.4. The first-order valence-corrected chi connectivity index (χ1v) is 5.65. The molecule has 1 unspecified atom stereocenters. The Balaban J connectivity index is 1.85. The number of primary amides is 1. The molecule has 8 heteroatoms. The van der Waals surface area contributed by atoms with Crippen molar-refractivity contribution in [3.05, 3.63) is 23.7 Å². The van der Waals surface area contributed by atoms with Gasteiger partial charge in [-0.25, -0.2) is 8.78 Å². The monoisotopic (exact) mass is 273 g/mol. The molecule has 1 aliphatic rings. The number of amides is 2. The number of hydrogen-bond acceptors (Lipinski definition) is 4. The van der Waals surface area contributed by atoms with Gasteiger partial charge in [0.1, 0.15) is 5.76 Å². The molecule has 2 heterocycles. The van der Waals surface area contributed by atoms with Gasteiger partial charge in [0.05, 0.1) is 19.1 Å². The Morgan fingerprint density at radius 3 is 2.79 bits per heavy atom. The van der Waals surface area contributed by atoms with Crippen LogP contribution in [0.3, 0.4) is 0 Å². The minimum absolute atomic E-state index is 0.00979. The number of halogens is 2. The second-order valence-corrected chi connectivity index (χ2v) is 4.34. The van der Waals surface area contributed by atoms with Crippen molar-refractivity contribution in [2.75, 3.05) is 6.54 Å². The highest BCUT2D eigenvalue weighted by Gasteiger charge is 2.42. The van der Waals surface area contributed by atoms with E-state index in [2.05, 4.69) is 10.6 Å². The molecule has 1 fully saturated rings. The van der Waals surface area contributed by atoms with E-state index < -0.39 is 36.7 Å². The van der Waals surface area contributed by atoms with Gasteiger partial charge in [0.15, 0.2) is 5.76 Å². The average Bonchev–Trinajstić information content (AvgIpc) is 2.92. The molecule has 19 heavy (non-hydrogen) atoms. The third-order valence-electron chi connectivity index (χ3n) is 2.77. The summed E-state index contributed by atoms with van der Waals surface area (Å²) in [5, 5.41) is 4.89. The second-order valence-electron chi connectivity index (χ2n) is 4.34. The molecular formula is C11H13F2N3O3. The smallest absolute Gasteiger partial charge is 0.284 e. The lowest BCUT2D eigenvalue weighted by Crippen LogP contribution is -2.39. The van der Waals surface area contributed by atoms with Gasteiger partial charge in [0, 0.05) is 6.42 Å². The first kappa shape index (κ1) is 13.5. The van der Waals surface area contributed by atoms with E-state index >= 15 is 0 Å². The normalized spacial score (nSPS) is 21.3. The molecule has 1 saturated heterocycles. The predicted octanol–water partition coefficient (Wildman–Crippen LogP) is -0.00810. The van der Waals surface area contributed by atoms with Crippen LogP contribution in [0, 0.1) is 0 Å². The summed E-state index contributed by atoms with van der Waals surface area (Å²) in [6, 6.07) is 1.95. The molecule has 0 aliphatic carbocycles. The van der Waals surface area contributed by atoms with E-state index in [-0.39, 0.29) is 12.3 Å². The van der Waals surface area contributed by atoms with Crippen LogP contribution in [0.4, 0.5) is 8.78 Å². The van der Waals surface area contributed by atoms with Crippen LogP contribution in [0.2, 0.25) is 0 Å². The van der Waals surface area contributed by atoms with Crippen LogP contribution in [-0.4, -0.2) is 30.3 Å². The summed E-state index contributed by atoms with van der Waals surface area (Å²) < 4.78 is 30.8. The Hall–Kier alpha value is -1.96. The number of alkyl halides is 2. The van der Waals surface area contributed by atoms with Gasteiger partial charge in [-0.15, -0.1) is 0 Å². The van der Waals surface area contributed by atoms with Gasteiger partial charge in [0.25, 0.3) is 11.8 Å². The van der Waals surface area contributed by atoms with E-state index in [4.69, 9.17) is 10.2 Å². The zero-order valence-electron chi connectivity index (χ0n) is 9.91. The van der Waals surface area contributed by atoms with Gasteiger partial charge in [0.2, 0.25) is 5.91 Å². The van der Waals surface area contributed by atoms with Crippen molar-refractivity contribution < 1.29 is 22.8 Å². The molecule has 0 saturated carbocycles. The highest BCUT2D eigenvalue weighted by Crippen LogP contribution is 2.25. The molecule has 2 amide bonds. The minimum Gasteiger partial charge on any atom is -0.454 e. The molecule has 1 aromatic heterocycles. The van der Waals surface area contributed by atoms with Crippen molar-refractivity contribution in [2.24, 2.45) is 5.73 Å². The van der Waals surface area contributed by atoms with Crippen molar-refractivity contribution in [1.82, 2.24) is 10.6 Å². The van der Waals surface area contributed by atoms with E-state index in [9.17, 15) is 18.4 Å². The fourth-order valence-electron chi connectivity index (χ4n) is 1.80. The molecule has 104 valence electrons. The van der Waals surface area contributed by atoms with Crippen LogP contribution >= 0.6 is 0 Å². The molecule has 0 radical (unpaired) electrons. The van der Waals surface area contributed by atoms with E-state index in [1.807, 2.05) is 0 Å². The number of nitrogens with one attached hydrogen (secondary N) is 2. The van der Waals surface area contributed by atoms with E-state index in [1.165, 1.54) is 12.1 Å². The van der Waals surface area contributed by atoms with Gasteiger partial charge < -0.3 is 15.5 Å². The molecule has 0 bridgehead atoms. The number of carbonyl (C=O) groups excluding carboxylic acids is 2. The number of hydrogen-bond donors (Lipinski definition) is 3. The van der Waals surface area contributed by atoms with Crippen molar-refractivity contribution in [3.8, 4) is 0 Å². The molecule has 6 nitrogen and oxygen atoms in total. The van der Waals surface area contributed by atoms with Gasteiger partial charge in [-0.2, -0.15) is 0 Å². The fourth-order valence-corrected chi connectivity index (χ4v) is 1.80. The molecule has 1 aromatic rings. The third kappa shape index (κ3) is 3.28. The highest BCUT2D eigenvalue weighted by atomic mass is 19.3. The summed E-state index contributed by atoms with van der Waals surface area (Å²) >= 11 is 0. The first-order valence-electron chi connectivity index (χ1n) is 5.65. The summed E-state index contributed by atoms with van der Waals surface area (Å²) in [5.41, 5.74) is 5.00. The predicted molar refractivity (Wildman–Crippen MR) is 60.4 cm³/mol. The number of furan rings is 1. The Morgan fingerprint density at radius 1 is 1.53 bits per heavy atom. The zero-order chi connectivity index (χ0) is 14.0. The highest BCUT2D eigenvalue weighted by molar-refractivity contribution is 5.89. The van der Waals surface area contributed by atoms with Crippen molar-refractivity contribution >= 4 is 11.8 Å². The number of nitrogens with two attached hydrogens (primary N) is 1. The second kappa shape index (κ2) is 4.96. The van der Waals surface area contributed by atoms with Crippen molar-refractivity contribution in [1.29, 1.82) is 0 Å². The van der Waals surface area contributed by atoms with Gasteiger partial charge >= 0.3 is 0 Å². The maximum atomic E-state index is 12.9. The van der Waals surface area contributed by atoms with E-state index in [0.717, 1.165) is 0 Å². The molecule has 4 N–H and O–H groups in total. The molecule has 2 rings (SSSR count). The summed E-state index contributed by atoms with van der Waals surface area (Å²) in [6.07, 6.45) is -0.524. The Bertz CT molecular complexity index is 501. The Labute approximate surface area is 107 Å². The zero-order valence-corrected chi connectivity index (χ0v) is 9.91. The van der Waals surface area contributed by atoms with E-state index in [0.29, 0.717) is 5.76 Å². The van der Waals surface area contributed by atoms with Crippen LogP contribution in [0.25, 0.3) is 0 Å². The van der Waals surface area contributed by atoms with Crippen LogP contribution in [0.1, 0.15) is 22.7 Å². The van der Waals surface area contributed by atoms with Crippen molar-refractivity contribution in [3.63, 3.8) is 0 Å². The van der Waals surface area contributed by atoms with Crippen LogP contribution in [0.15, 0.2) is 16.5 Å². The summed E-state index contributed by atoms with van der Waals surface area (Å²) in [6.45, 7) is -0.493. The lowest BCUT2D eigenvalue weighted by Gasteiger charge is -2.10. The standard InChI is InChI=1S/C11H13F2N3O3/c12-11(13)3-7(16-5-11)10(18)15-4-6-1-2-8(19-6)9(14)17/h1-2,7,16H,3-5H2,(H2,14,17)(H,15,18). The lowest BCUT2D eigenvalue weighted by molar-refractivity contribution is -0.123. The van der Waals surface area contributed by atoms with Gasteiger partial charge in [-0.05, 0) is 12.1 Å². The molecule has 0 aromatic carbocycles. The molecular weight excluding hydrogens is 260 g/mol. The Morgan fingerprint density at radius 2 is 2.26 bits per heavy atom. The maximum Gasteiger partial charge on any atom is 0.284 e. The first-order chi connectivity index (χ1) is 8.87. The number of rotatable bonds is 4. The third-order valence-corrected chi connectivity index (χ3v) is 2.77. The van der Waals surface area contributed by atoms with E-state index in [1.54, 1.807) is 0 Å². The largest absolute Gasteiger partial charge is 0.454 e. The van der Waals surface area contributed by atoms with Gasteiger partial charge in [-0.3, -0.25) is 14.9 Å². The van der Waals surface area contributed by atoms with Crippen LogP contribution in [0.5, 0.6) is 0 Å². The fraction of sp³-hybridized carbons (Fsp3) is 0.455. The summed E-state index contributed by atoms with van der Waals surface area (Å²) in [7, 11) is 0. The average molecular weight is 273 g/mol.